The standard InChI is InChI=1S/C9H9N3O3/c1-2-11-8(14)6-5-15-9(12-6)7(13)3-4-10/h5H,2-3H2,1H3,(H,11,14). The first-order chi connectivity index (χ1) is 7.19. The van der Waals surface area contributed by atoms with Crippen LogP contribution in [-0.4, -0.2) is 23.2 Å². The lowest BCUT2D eigenvalue weighted by Gasteiger charge is -1.94. The summed E-state index contributed by atoms with van der Waals surface area (Å²) in [5.41, 5.74) is 0.0399. The Morgan fingerprint density at radius 3 is 3.00 bits per heavy atom. The Labute approximate surface area is 85.9 Å². The number of carbonyl (C=O) groups excluding carboxylic acids is 2. The number of amides is 1. The van der Waals surface area contributed by atoms with Crippen LogP contribution in [0.1, 0.15) is 34.5 Å². The molecule has 0 atom stereocenters. The first-order valence-corrected chi connectivity index (χ1v) is 4.33. The Kier molecular flexibility index (Phi) is 3.57. The molecule has 1 heterocycles. The summed E-state index contributed by atoms with van der Waals surface area (Å²) in [6.07, 6.45) is 0.783. The van der Waals surface area contributed by atoms with Gasteiger partial charge in [0.1, 0.15) is 12.7 Å². The second-order valence-electron chi connectivity index (χ2n) is 2.66. The van der Waals surface area contributed by atoms with Gasteiger partial charge >= 0.3 is 0 Å². The molecule has 0 fully saturated rings. The monoisotopic (exact) mass is 207 g/mol. The van der Waals surface area contributed by atoms with Gasteiger partial charge in [-0.25, -0.2) is 4.98 Å². The second-order valence-corrected chi connectivity index (χ2v) is 2.66. The van der Waals surface area contributed by atoms with Gasteiger partial charge in [-0.3, -0.25) is 9.59 Å². The lowest BCUT2D eigenvalue weighted by molar-refractivity contribution is 0.0950. The van der Waals surface area contributed by atoms with Crippen LogP contribution in [0.15, 0.2) is 10.7 Å². The van der Waals surface area contributed by atoms with E-state index in [9.17, 15) is 9.59 Å². The highest BCUT2D eigenvalue weighted by atomic mass is 16.3. The van der Waals surface area contributed by atoms with Crippen molar-refractivity contribution in [2.45, 2.75) is 13.3 Å². The summed E-state index contributed by atoms with van der Waals surface area (Å²) in [4.78, 5) is 26.0. The van der Waals surface area contributed by atoms with Gasteiger partial charge in [0.25, 0.3) is 11.8 Å². The largest absolute Gasteiger partial charge is 0.441 e. The van der Waals surface area contributed by atoms with Crippen LogP contribution in [0.5, 0.6) is 0 Å². The molecule has 1 rings (SSSR count). The molecule has 0 saturated carbocycles. The summed E-state index contributed by atoms with van der Waals surface area (Å²) in [7, 11) is 0. The van der Waals surface area contributed by atoms with Gasteiger partial charge < -0.3 is 9.73 Å². The van der Waals surface area contributed by atoms with Gasteiger partial charge in [-0.05, 0) is 6.92 Å². The van der Waals surface area contributed by atoms with Crippen molar-refractivity contribution in [3.63, 3.8) is 0 Å². The highest BCUT2D eigenvalue weighted by Gasteiger charge is 2.16. The predicted octanol–water partition coefficient (Wildman–Crippen LogP) is 0.521. The van der Waals surface area contributed by atoms with E-state index in [0.29, 0.717) is 6.54 Å². The number of nitrogens with one attached hydrogen (secondary N) is 1. The fourth-order valence-electron chi connectivity index (χ4n) is 0.905. The predicted molar refractivity (Wildman–Crippen MR) is 49.1 cm³/mol. The van der Waals surface area contributed by atoms with Crippen LogP contribution >= 0.6 is 0 Å². The zero-order valence-electron chi connectivity index (χ0n) is 8.11. The summed E-state index contributed by atoms with van der Waals surface area (Å²) < 4.78 is 4.77. The lowest BCUT2D eigenvalue weighted by Crippen LogP contribution is -2.23. The minimum atomic E-state index is -0.534. The smallest absolute Gasteiger partial charge is 0.273 e. The second kappa shape index (κ2) is 4.91. The summed E-state index contributed by atoms with van der Waals surface area (Å²) in [6, 6.07) is 1.68. The topological polar surface area (TPSA) is 96.0 Å². The highest BCUT2D eigenvalue weighted by Crippen LogP contribution is 2.04. The molecule has 0 spiro atoms. The first-order valence-electron chi connectivity index (χ1n) is 4.33. The number of rotatable bonds is 4. The molecule has 78 valence electrons. The number of hydrogen-bond acceptors (Lipinski definition) is 5. The van der Waals surface area contributed by atoms with Gasteiger partial charge in [0.15, 0.2) is 5.69 Å². The van der Waals surface area contributed by atoms with E-state index in [1.165, 1.54) is 0 Å². The number of carbonyl (C=O) groups is 2. The van der Waals surface area contributed by atoms with Gasteiger partial charge in [-0.2, -0.15) is 5.26 Å². The molecule has 1 N–H and O–H groups in total. The van der Waals surface area contributed by atoms with Crippen molar-refractivity contribution < 1.29 is 14.0 Å². The van der Waals surface area contributed by atoms with Gasteiger partial charge in [0, 0.05) is 6.54 Å². The lowest BCUT2D eigenvalue weighted by atomic mass is 10.3. The van der Waals surface area contributed by atoms with Crippen LogP contribution < -0.4 is 5.32 Å². The van der Waals surface area contributed by atoms with Gasteiger partial charge in [-0.1, -0.05) is 0 Å². The molecule has 0 radical (unpaired) electrons. The molecule has 1 aromatic rings. The third kappa shape index (κ3) is 2.64. The van der Waals surface area contributed by atoms with Crippen molar-refractivity contribution in [1.82, 2.24) is 10.3 Å². The van der Waals surface area contributed by atoms with E-state index in [1.54, 1.807) is 13.0 Å². The molecular formula is C9H9N3O3. The molecule has 0 aliphatic carbocycles. The van der Waals surface area contributed by atoms with E-state index in [2.05, 4.69) is 10.3 Å². The zero-order chi connectivity index (χ0) is 11.3. The van der Waals surface area contributed by atoms with Crippen LogP contribution in [0, 0.1) is 11.3 Å². The van der Waals surface area contributed by atoms with E-state index in [0.717, 1.165) is 6.26 Å². The summed E-state index contributed by atoms with van der Waals surface area (Å²) >= 11 is 0. The van der Waals surface area contributed by atoms with Gasteiger partial charge in [0.2, 0.25) is 5.78 Å². The number of hydrogen-bond donors (Lipinski definition) is 1. The number of nitrogens with zero attached hydrogens (tertiary/aromatic N) is 2. The minimum Gasteiger partial charge on any atom is -0.441 e. The molecule has 1 aromatic heterocycles. The highest BCUT2D eigenvalue weighted by molar-refractivity contribution is 5.96. The molecule has 0 aromatic carbocycles. The molecule has 6 heteroatoms. The van der Waals surface area contributed by atoms with Crippen molar-refractivity contribution in [2.75, 3.05) is 6.54 Å². The van der Waals surface area contributed by atoms with E-state index < -0.39 is 11.7 Å². The first kappa shape index (κ1) is 10.9. The molecular weight excluding hydrogens is 198 g/mol. The van der Waals surface area contributed by atoms with Crippen LogP contribution in [-0.2, 0) is 0 Å². The van der Waals surface area contributed by atoms with Gasteiger partial charge in [0.05, 0.1) is 6.07 Å². The number of nitriles is 1. The normalized spacial score (nSPS) is 9.33. The van der Waals surface area contributed by atoms with Gasteiger partial charge in [-0.15, -0.1) is 0 Å². The Bertz CT molecular complexity index is 416. The third-order valence-electron chi connectivity index (χ3n) is 1.55. The number of ketones is 1. The van der Waals surface area contributed by atoms with Crippen LogP contribution in [0.4, 0.5) is 0 Å². The van der Waals surface area contributed by atoms with Crippen LogP contribution in [0.2, 0.25) is 0 Å². The van der Waals surface area contributed by atoms with Crippen molar-refractivity contribution in [2.24, 2.45) is 0 Å². The molecule has 0 bridgehead atoms. The Morgan fingerprint density at radius 2 is 2.40 bits per heavy atom. The minimum absolute atomic E-state index is 0.0399. The Balaban J connectivity index is 2.77. The maximum absolute atomic E-state index is 11.2. The molecule has 0 aliphatic heterocycles. The van der Waals surface area contributed by atoms with E-state index in [-0.39, 0.29) is 18.0 Å². The van der Waals surface area contributed by atoms with Crippen LogP contribution in [0.3, 0.4) is 0 Å². The number of Topliss-reactive ketones (excluding diaryl/α,β-unsaturated/α-hetero) is 1. The molecule has 0 unspecified atom stereocenters. The quantitative estimate of drug-likeness (QED) is 0.726. The van der Waals surface area contributed by atoms with Crippen molar-refractivity contribution in [3.8, 4) is 6.07 Å². The molecule has 0 aliphatic rings. The summed E-state index contributed by atoms with van der Waals surface area (Å²) in [6.45, 7) is 2.23. The Hall–Kier alpha value is -2.16. The fourth-order valence-corrected chi connectivity index (χ4v) is 0.905. The Morgan fingerprint density at radius 1 is 1.67 bits per heavy atom. The van der Waals surface area contributed by atoms with Crippen molar-refractivity contribution in [1.29, 1.82) is 5.26 Å². The fraction of sp³-hybridized carbons (Fsp3) is 0.333. The molecule has 6 nitrogen and oxygen atoms in total. The van der Waals surface area contributed by atoms with E-state index in [1.807, 2.05) is 0 Å². The van der Waals surface area contributed by atoms with Crippen molar-refractivity contribution in [3.05, 3.63) is 17.8 Å². The average Bonchev–Trinajstić information content (AvgIpc) is 2.67. The summed E-state index contributed by atoms with van der Waals surface area (Å²) in [5, 5.41) is 10.8. The number of aromatic nitrogens is 1. The maximum Gasteiger partial charge on any atom is 0.273 e. The molecule has 0 saturated heterocycles. The zero-order valence-corrected chi connectivity index (χ0v) is 8.11. The maximum atomic E-state index is 11.2. The van der Waals surface area contributed by atoms with E-state index >= 15 is 0 Å². The summed E-state index contributed by atoms with van der Waals surface area (Å²) in [5.74, 6) is -1.15. The number of oxazole rings is 1. The molecule has 1 amide bonds. The van der Waals surface area contributed by atoms with Crippen molar-refractivity contribution >= 4 is 11.7 Å². The van der Waals surface area contributed by atoms with Crippen LogP contribution in [0.25, 0.3) is 0 Å². The third-order valence-corrected chi connectivity index (χ3v) is 1.55. The SMILES string of the molecule is CCNC(=O)c1coc(C(=O)CC#N)n1. The molecule has 15 heavy (non-hydrogen) atoms. The average molecular weight is 207 g/mol. The van der Waals surface area contributed by atoms with E-state index in [4.69, 9.17) is 9.68 Å².